The van der Waals surface area contributed by atoms with Crippen LogP contribution in [0.1, 0.15) is 5.56 Å². The molecule has 1 N–H and O–H groups in total. The molecule has 7 heteroatoms. The Morgan fingerprint density at radius 3 is 2.04 bits per heavy atom. The van der Waals surface area contributed by atoms with Crippen LogP contribution in [0.5, 0.6) is 0 Å². The van der Waals surface area contributed by atoms with Crippen molar-refractivity contribution in [3.8, 4) is 0 Å². The number of anilines is 1. The molecule has 0 aromatic heterocycles. The van der Waals surface area contributed by atoms with Crippen LogP contribution < -0.4 is 5.32 Å². The van der Waals surface area contributed by atoms with Gasteiger partial charge in [-0.15, -0.1) is 0 Å². The zero-order chi connectivity index (χ0) is 17.7. The zero-order valence-electron chi connectivity index (χ0n) is 13.8. The van der Waals surface area contributed by atoms with Crippen LogP contribution in [0.15, 0.2) is 60.7 Å². The highest BCUT2D eigenvalue weighted by Gasteiger charge is 2.28. The van der Waals surface area contributed by atoms with Crippen LogP contribution in [-0.2, 0) is 15.8 Å². The maximum Gasteiger partial charge on any atom is 0.321 e. The van der Waals surface area contributed by atoms with Gasteiger partial charge in [0.2, 0.25) is 10.0 Å². The van der Waals surface area contributed by atoms with E-state index in [1.807, 2.05) is 48.5 Å². The molecule has 0 atom stereocenters. The minimum Gasteiger partial charge on any atom is -0.322 e. The van der Waals surface area contributed by atoms with Gasteiger partial charge in [0, 0.05) is 31.9 Å². The number of benzene rings is 2. The van der Waals surface area contributed by atoms with Crippen molar-refractivity contribution in [1.82, 2.24) is 9.21 Å². The Labute approximate surface area is 148 Å². The number of carbonyl (C=O) groups is 1. The fourth-order valence-electron chi connectivity index (χ4n) is 2.77. The fraction of sp³-hybridized carbons (Fsp3) is 0.278. The third-order valence-electron chi connectivity index (χ3n) is 4.14. The van der Waals surface area contributed by atoms with Gasteiger partial charge in [-0.1, -0.05) is 48.5 Å². The van der Waals surface area contributed by atoms with Gasteiger partial charge in [0.1, 0.15) is 0 Å². The first-order valence-electron chi connectivity index (χ1n) is 8.17. The number of carbonyl (C=O) groups excluding carboxylic acids is 1. The SMILES string of the molecule is O=C(Nc1ccccc1)N1CCN(S(=O)(=O)Cc2ccccc2)CC1. The monoisotopic (exact) mass is 359 g/mol. The van der Waals surface area contributed by atoms with Crippen LogP contribution in [0, 0.1) is 0 Å². The van der Waals surface area contributed by atoms with E-state index in [0.29, 0.717) is 26.2 Å². The molecule has 1 fully saturated rings. The number of hydrogen-bond donors (Lipinski definition) is 1. The summed E-state index contributed by atoms with van der Waals surface area (Å²) in [4.78, 5) is 13.9. The van der Waals surface area contributed by atoms with Crippen molar-refractivity contribution in [3.63, 3.8) is 0 Å². The van der Waals surface area contributed by atoms with E-state index in [1.54, 1.807) is 17.0 Å². The lowest BCUT2D eigenvalue weighted by Crippen LogP contribution is -2.51. The van der Waals surface area contributed by atoms with Gasteiger partial charge < -0.3 is 10.2 Å². The molecule has 0 aliphatic carbocycles. The number of nitrogens with one attached hydrogen (secondary N) is 1. The van der Waals surface area contributed by atoms with Gasteiger partial charge in [-0.2, -0.15) is 4.31 Å². The van der Waals surface area contributed by atoms with Crippen LogP contribution in [-0.4, -0.2) is 49.8 Å². The first-order valence-corrected chi connectivity index (χ1v) is 9.78. The number of rotatable bonds is 4. The van der Waals surface area contributed by atoms with Crippen molar-refractivity contribution in [2.24, 2.45) is 0 Å². The minimum absolute atomic E-state index is 0.00987. The van der Waals surface area contributed by atoms with E-state index in [1.165, 1.54) is 4.31 Å². The quantitative estimate of drug-likeness (QED) is 0.911. The molecule has 0 saturated carbocycles. The third-order valence-corrected chi connectivity index (χ3v) is 5.99. The van der Waals surface area contributed by atoms with E-state index < -0.39 is 10.0 Å². The van der Waals surface area contributed by atoms with Gasteiger partial charge >= 0.3 is 6.03 Å². The molecule has 0 bridgehead atoms. The van der Waals surface area contributed by atoms with E-state index in [9.17, 15) is 13.2 Å². The van der Waals surface area contributed by atoms with Crippen LogP contribution in [0.25, 0.3) is 0 Å². The highest BCUT2D eigenvalue weighted by Crippen LogP contribution is 2.14. The number of piperazine rings is 1. The Hall–Kier alpha value is -2.38. The van der Waals surface area contributed by atoms with E-state index in [4.69, 9.17) is 0 Å². The fourth-order valence-corrected chi connectivity index (χ4v) is 4.29. The van der Waals surface area contributed by atoms with Crippen molar-refractivity contribution >= 4 is 21.7 Å². The lowest BCUT2D eigenvalue weighted by molar-refractivity contribution is 0.184. The molecule has 3 rings (SSSR count). The molecule has 25 heavy (non-hydrogen) atoms. The topological polar surface area (TPSA) is 69.7 Å². The Balaban J connectivity index is 1.55. The van der Waals surface area contributed by atoms with Crippen LogP contribution >= 0.6 is 0 Å². The number of urea groups is 1. The molecule has 2 aromatic rings. The first-order chi connectivity index (χ1) is 12.0. The van der Waals surface area contributed by atoms with Gasteiger partial charge in [0.25, 0.3) is 0 Å². The summed E-state index contributed by atoms with van der Waals surface area (Å²) in [5, 5.41) is 2.82. The summed E-state index contributed by atoms with van der Waals surface area (Å²) >= 11 is 0. The predicted octanol–water partition coefficient (Wildman–Crippen LogP) is 2.37. The number of hydrogen-bond acceptors (Lipinski definition) is 3. The van der Waals surface area contributed by atoms with Gasteiger partial charge in [-0.05, 0) is 17.7 Å². The van der Waals surface area contributed by atoms with Gasteiger partial charge in [0.05, 0.1) is 5.75 Å². The third kappa shape index (κ3) is 4.58. The second-order valence-electron chi connectivity index (χ2n) is 5.92. The predicted molar refractivity (Wildman–Crippen MR) is 97.7 cm³/mol. The largest absolute Gasteiger partial charge is 0.322 e. The highest BCUT2D eigenvalue weighted by molar-refractivity contribution is 7.88. The summed E-state index contributed by atoms with van der Waals surface area (Å²) in [5.74, 6) is -0.00987. The summed E-state index contributed by atoms with van der Waals surface area (Å²) in [5.41, 5.74) is 1.50. The van der Waals surface area contributed by atoms with Crippen molar-refractivity contribution in [1.29, 1.82) is 0 Å². The molecule has 132 valence electrons. The van der Waals surface area contributed by atoms with Crippen molar-refractivity contribution < 1.29 is 13.2 Å². The zero-order valence-corrected chi connectivity index (χ0v) is 14.7. The number of sulfonamides is 1. The molecular weight excluding hydrogens is 338 g/mol. The van der Waals surface area contributed by atoms with Gasteiger partial charge in [-0.25, -0.2) is 13.2 Å². The van der Waals surface area contributed by atoms with E-state index in [0.717, 1.165) is 11.3 Å². The minimum atomic E-state index is -3.37. The lowest BCUT2D eigenvalue weighted by atomic mass is 10.2. The second-order valence-corrected chi connectivity index (χ2v) is 7.89. The van der Waals surface area contributed by atoms with Crippen molar-refractivity contribution in [2.45, 2.75) is 5.75 Å². The maximum atomic E-state index is 12.5. The summed E-state index contributed by atoms with van der Waals surface area (Å²) in [7, 11) is -3.37. The summed E-state index contributed by atoms with van der Waals surface area (Å²) in [6, 6.07) is 18.2. The number of amides is 2. The molecule has 1 aliphatic heterocycles. The standard InChI is InChI=1S/C18H21N3O3S/c22-18(19-17-9-5-2-6-10-17)20-11-13-21(14-12-20)25(23,24)15-16-7-3-1-4-8-16/h1-10H,11-15H2,(H,19,22). The highest BCUT2D eigenvalue weighted by atomic mass is 32.2. The molecule has 1 aliphatic rings. The summed E-state index contributed by atoms with van der Waals surface area (Å²) in [6.45, 7) is 1.40. The smallest absolute Gasteiger partial charge is 0.321 e. The van der Waals surface area contributed by atoms with Crippen LogP contribution in [0.2, 0.25) is 0 Å². The van der Waals surface area contributed by atoms with Crippen molar-refractivity contribution in [3.05, 3.63) is 66.2 Å². The molecule has 6 nitrogen and oxygen atoms in total. The van der Waals surface area contributed by atoms with Crippen LogP contribution in [0.4, 0.5) is 10.5 Å². The maximum absolute atomic E-state index is 12.5. The average molecular weight is 359 g/mol. The van der Waals surface area contributed by atoms with Gasteiger partial charge in [-0.3, -0.25) is 0 Å². The van der Waals surface area contributed by atoms with E-state index >= 15 is 0 Å². The molecule has 1 heterocycles. The molecule has 0 spiro atoms. The van der Waals surface area contributed by atoms with E-state index in [2.05, 4.69) is 5.32 Å². The second kappa shape index (κ2) is 7.67. The normalized spacial score (nSPS) is 15.8. The first kappa shape index (κ1) is 17.4. The molecule has 0 unspecified atom stereocenters. The van der Waals surface area contributed by atoms with Crippen molar-refractivity contribution in [2.75, 3.05) is 31.5 Å². The average Bonchev–Trinajstić information content (AvgIpc) is 2.63. The Morgan fingerprint density at radius 2 is 1.44 bits per heavy atom. The summed E-state index contributed by atoms with van der Waals surface area (Å²) < 4.78 is 26.5. The van der Waals surface area contributed by atoms with Gasteiger partial charge in [0.15, 0.2) is 0 Å². The molecule has 2 amide bonds. The Kier molecular flexibility index (Phi) is 5.35. The molecular formula is C18H21N3O3S. The number of para-hydroxylation sites is 1. The Morgan fingerprint density at radius 1 is 0.880 bits per heavy atom. The Bertz CT molecular complexity index is 802. The van der Waals surface area contributed by atoms with Crippen LogP contribution in [0.3, 0.4) is 0 Å². The molecule has 0 radical (unpaired) electrons. The molecule has 2 aromatic carbocycles. The summed E-state index contributed by atoms with van der Waals surface area (Å²) in [6.07, 6.45) is 0. The van der Waals surface area contributed by atoms with E-state index in [-0.39, 0.29) is 11.8 Å². The molecule has 1 saturated heterocycles. The number of nitrogens with zero attached hydrogens (tertiary/aromatic N) is 2. The lowest BCUT2D eigenvalue weighted by Gasteiger charge is -2.34.